The Balaban J connectivity index is 1.87. The Labute approximate surface area is 113 Å². The van der Waals surface area contributed by atoms with Crippen molar-refractivity contribution in [1.29, 1.82) is 0 Å². The van der Waals surface area contributed by atoms with Crippen LogP contribution in [0.1, 0.15) is 25.5 Å². The van der Waals surface area contributed by atoms with E-state index in [2.05, 4.69) is 27.6 Å². The largest absolute Gasteiger partial charge is 0.360 e. The van der Waals surface area contributed by atoms with Crippen molar-refractivity contribution >= 4 is 11.7 Å². The molecular formula is C13H22N4O2. The fourth-order valence-electron chi connectivity index (χ4n) is 2.42. The summed E-state index contributed by atoms with van der Waals surface area (Å²) >= 11 is 0. The van der Waals surface area contributed by atoms with Gasteiger partial charge in [0.25, 0.3) is 0 Å². The first-order valence-electron chi connectivity index (χ1n) is 6.87. The smallest absolute Gasteiger partial charge is 0.239 e. The maximum Gasteiger partial charge on any atom is 0.239 e. The van der Waals surface area contributed by atoms with Crippen LogP contribution in [0.15, 0.2) is 10.6 Å². The second-order valence-corrected chi connectivity index (χ2v) is 4.99. The van der Waals surface area contributed by atoms with Gasteiger partial charge in [-0.05, 0) is 32.9 Å². The maximum atomic E-state index is 12.0. The average molecular weight is 266 g/mol. The zero-order valence-corrected chi connectivity index (χ0v) is 11.6. The van der Waals surface area contributed by atoms with Crippen LogP contribution in [0, 0.1) is 6.92 Å². The highest BCUT2D eigenvalue weighted by atomic mass is 16.5. The zero-order valence-electron chi connectivity index (χ0n) is 11.6. The molecule has 6 heteroatoms. The van der Waals surface area contributed by atoms with Crippen LogP contribution >= 0.6 is 0 Å². The minimum Gasteiger partial charge on any atom is -0.360 e. The van der Waals surface area contributed by atoms with Crippen LogP contribution in [0.5, 0.6) is 0 Å². The van der Waals surface area contributed by atoms with Crippen molar-refractivity contribution in [3.63, 3.8) is 0 Å². The lowest BCUT2D eigenvalue weighted by Gasteiger charge is -2.26. The van der Waals surface area contributed by atoms with Gasteiger partial charge in [-0.25, -0.2) is 0 Å². The molecule has 0 spiro atoms. The number of hydrogen-bond acceptors (Lipinski definition) is 5. The molecular weight excluding hydrogens is 244 g/mol. The van der Waals surface area contributed by atoms with Gasteiger partial charge in [-0.15, -0.1) is 0 Å². The molecule has 1 aliphatic heterocycles. The summed E-state index contributed by atoms with van der Waals surface area (Å²) < 4.78 is 4.93. The maximum absolute atomic E-state index is 12.0. The summed E-state index contributed by atoms with van der Waals surface area (Å²) in [4.78, 5) is 14.2. The van der Waals surface area contributed by atoms with Gasteiger partial charge < -0.3 is 15.2 Å². The molecule has 1 unspecified atom stereocenters. The quantitative estimate of drug-likeness (QED) is 0.803. The third-order valence-electron chi connectivity index (χ3n) is 3.30. The molecule has 0 bridgehead atoms. The van der Waals surface area contributed by atoms with Gasteiger partial charge in [0, 0.05) is 18.7 Å². The van der Waals surface area contributed by atoms with Crippen LogP contribution in [-0.4, -0.2) is 48.2 Å². The lowest BCUT2D eigenvalue weighted by Crippen LogP contribution is -2.42. The van der Waals surface area contributed by atoms with Crippen molar-refractivity contribution < 1.29 is 9.32 Å². The van der Waals surface area contributed by atoms with E-state index in [1.807, 2.05) is 0 Å². The highest BCUT2D eigenvalue weighted by Gasteiger charge is 2.23. The molecule has 1 aromatic rings. The van der Waals surface area contributed by atoms with Gasteiger partial charge in [-0.2, -0.15) is 0 Å². The van der Waals surface area contributed by atoms with Crippen LogP contribution in [0.25, 0.3) is 0 Å². The molecule has 6 nitrogen and oxygen atoms in total. The summed E-state index contributed by atoms with van der Waals surface area (Å²) in [5, 5.41) is 9.87. The fourth-order valence-corrected chi connectivity index (χ4v) is 2.42. The molecule has 1 saturated heterocycles. The van der Waals surface area contributed by atoms with E-state index in [-0.39, 0.29) is 5.91 Å². The number of aromatic nitrogens is 1. The van der Waals surface area contributed by atoms with E-state index in [1.165, 1.54) is 0 Å². The highest BCUT2D eigenvalue weighted by molar-refractivity contribution is 5.91. The molecule has 0 aliphatic carbocycles. The summed E-state index contributed by atoms with van der Waals surface area (Å²) in [6.07, 6.45) is 2.16. The predicted octanol–water partition coefficient (Wildman–Crippen LogP) is 0.995. The third kappa shape index (κ3) is 4.04. The molecule has 0 saturated carbocycles. The van der Waals surface area contributed by atoms with E-state index in [9.17, 15) is 4.79 Å². The minimum absolute atomic E-state index is 0.0337. The van der Waals surface area contributed by atoms with Gasteiger partial charge in [0.15, 0.2) is 5.82 Å². The molecule has 1 atom stereocenters. The molecule has 1 amide bonds. The number of carbonyl (C=O) groups excluding carboxylic acids is 1. The first kappa shape index (κ1) is 14.0. The summed E-state index contributed by atoms with van der Waals surface area (Å²) in [5.41, 5.74) is 0. The van der Waals surface area contributed by atoms with Crippen LogP contribution in [0.3, 0.4) is 0 Å². The number of rotatable bonds is 6. The molecule has 106 valence electrons. The predicted molar refractivity (Wildman–Crippen MR) is 73.0 cm³/mol. The Bertz CT molecular complexity index is 413. The summed E-state index contributed by atoms with van der Waals surface area (Å²) in [6, 6.07) is 2.18. The Hall–Kier alpha value is -1.40. The normalized spacial score (nSPS) is 19.0. The molecule has 2 rings (SSSR count). The third-order valence-corrected chi connectivity index (χ3v) is 3.30. The van der Waals surface area contributed by atoms with Gasteiger partial charge in [-0.3, -0.25) is 9.69 Å². The Morgan fingerprint density at radius 3 is 3.11 bits per heavy atom. The molecule has 2 heterocycles. The standard InChI is InChI=1S/C13H22N4O2/c1-3-6-17(11-4-5-14-8-11)9-13(18)15-12-7-10(2)19-16-12/h7,11,14H,3-6,8-9H2,1-2H3,(H,15,16,18). The number of amides is 1. The number of nitrogens with one attached hydrogen (secondary N) is 2. The van der Waals surface area contributed by atoms with Crippen molar-refractivity contribution in [2.45, 2.75) is 32.7 Å². The number of nitrogens with zero attached hydrogens (tertiary/aromatic N) is 2. The number of hydrogen-bond donors (Lipinski definition) is 2. The first-order chi connectivity index (χ1) is 9.19. The van der Waals surface area contributed by atoms with Gasteiger partial charge in [0.2, 0.25) is 5.91 Å². The van der Waals surface area contributed by atoms with E-state index >= 15 is 0 Å². The SMILES string of the molecule is CCCN(CC(=O)Nc1cc(C)on1)C1CCNC1. The minimum atomic E-state index is -0.0337. The second kappa shape index (κ2) is 6.68. The Morgan fingerprint density at radius 1 is 1.68 bits per heavy atom. The Kier molecular flexibility index (Phi) is 4.93. The van der Waals surface area contributed by atoms with E-state index in [4.69, 9.17) is 4.52 Å². The van der Waals surface area contributed by atoms with E-state index in [0.29, 0.717) is 24.2 Å². The molecule has 1 aromatic heterocycles. The van der Waals surface area contributed by atoms with Gasteiger partial charge in [-0.1, -0.05) is 12.1 Å². The molecule has 0 aromatic carbocycles. The van der Waals surface area contributed by atoms with Crippen LogP contribution in [0.4, 0.5) is 5.82 Å². The molecule has 2 N–H and O–H groups in total. The lowest BCUT2D eigenvalue weighted by molar-refractivity contribution is -0.117. The zero-order chi connectivity index (χ0) is 13.7. The molecule has 19 heavy (non-hydrogen) atoms. The van der Waals surface area contributed by atoms with Gasteiger partial charge in [0.05, 0.1) is 6.54 Å². The van der Waals surface area contributed by atoms with Crippen molar-refractivity contribution in [3.05, 3.63) is 11.8 Å². The summed E-state index contributed by atoms with van der Waals surface area (Å²) in [5.74, 6) is 1.15. The number of anilines is 1. The van der Waals surface area contributed by atoms with Crippen molar-refractivity contribution in [3.8, 4) is 0 Å². The monoisotopic (exact) mass is 266 g/mol. The second-order valence-electron chi connectivity index (χ2n) is 4.99. The molecule has 1 aliphatic rings. The van der Waals surface area contributed by atoms with Crippen molar-refractivity contribution in [1.82, 2.24) is 15.4 Å². The van der Waals surface area contributed by atoms with Crippen LogP contribution in [-0.2, 0) is 4.79 Å². The van der Waals surface area contributed by atoms with Crippen molar-refractivity contribution in [2.75, 3.05) is 31.5 Å². The van der Waals surface area contributed by atoms with Crippen molar-refractivity contribution in [2.24, 2.45) is 0 Å². The molecule has 0 radical (unpaired) electrons. The Morgan fingerprint density at radius 2 is 2.53 bits per heavy atom. The van der Waals surface area contributed by atoms with Gasteiger partial charge >= 0.3 is 0 Å². The highest BCUT2D eigenvalue weighted by Crippen LogP contribution is 2.11. The van der Waals surface area contributed by atoms with Gasteiger partial charge in [0.1, 0.15) is 5.76 Å². The number of aryl methyl sites for hydroxylation is 1. The topological polar surface area (TPSA) is 70.4 Å². The van der Waals surface area contributed by atoms with E-state index in [0.717, 1.165) is 32.5 Å². The molecule has 1 fully saturated rings. The summed E-state index contributed by atoms with van der Waals surface area (Å²) in [7, 11) is 0. The fraction of sp³-hybridized carbons (Fsp3) is 0.692. The van der Waals surface area contributed by atoms with E-state index < -0.39 is 0 Å². The van der Waals surface area contributed by atoms with Crippen LogP contribution < -0.4 is 10.6 Å². The first-order valence-corrected chi connectivity index (χ1v) is 6.87. The lowest BCUT2D eigenvalue weighted by atomic mass is 10.2. The summed E-state index contributed by atoms with van der Waals surface area (Å²) in [6.45, 7) is 7.29. The number of carbonyl (C=O) groups is 1. The average Bonchev–Trinajstić information content (AvgIpc) is 3.00. The van der Waals surface area contributed by atoms with Crippen LogP contribution in [0.2, 0.25) is 0 Å². The van der Waals surface area contributed by atoms with E-state index in [1.54, 1.807) is 13.0 Å².